The molecule has 0 saturated heterocycles. The Kier molecular flexibility index (Phi) is 4.29. The molecule has 5 nitrogen and oxygen atoms in total. The number of nitrogens with zero attached hydrogens (tertiary/aromatic N) is 3. The molecule has 0 spiro atoms. The first kappa shape index (κ1) is 12.0. The highest BCUT2D eigenvalue weighted by molar-refractivity contribution is 5.72. The van der Waals surface area contributed by atoms with Crippen LogP contribution in [0.1, 0.15) is 12.5 Å². The fourth-order valence-corrected chi connectivity index (χ4v) is 1.17. The summed E-state index contributed by atoms with van der Waals surface area (Å²) in [7, 11) is 0. The summed E-state index contributed by atoms with van der Waals surface area (Å²) in [6, 6.07) is 3.99. The lowest BCUT2D eigenvalue weighted by atomic mass is 10.1. The first-order chi connectivity index (χ1) is 7.67. The van der Waals surface area contributed by atoms with E-state index < -0.39 is 11.8 Å². The molecule has 84 valence electrons. The van der Waals surface area contributed by atoms with Crippen molar-refractivity contribution in [2.45, 2.75) is 13.3 Å². The van der Waals surface area contributed by atoms with E-state index in [4.69, 9.17) is 10.3 Å². The molecule has 0 aliphatic rings. The van der Waals surface area contributed by atoms with E-state index in [0.717, 1.165) is 6.07 Å². The van der Waals surface area contributed by atoms with Crippen molar-refractivity contribution >= 4 is 11.7 Å². The SMILES string of the molecule is CCOC(=O)Cc1ccc(N=[N+]=[N-])c(F)c1. The summed E-state index contributed by atoms with van der Waals surface area (Å²) in [5.74, 6) is -1.07. The Hall–Kier alpha value is -2.07. The van der Waals surface area contributed by atoms with Crippen LogP contribution in [0.4, 0.5) is 10.1 Å². The van der Waals surface area contributed by atoms with E-state index >= 15 is 0 Å². The van der Waals surface area contributed by atoms with Gasteiger partial charge >= 0.3 is 5.97 Å². The largest absolute Gasteiger partial charge is 0.466 e. The molecule has 0 fully saturated rings. The molecule has 0 N–H and O–H groups in total. The van der Waals surface area contributed by atoms with Crippen molar-refractivity contribution in [3.63, 3.8) is 0 Å². The third-order valence-electron chi connectivity index (χ3n) is 1.82. The van der Waals surface area contributed by atoms with Gasteiger partial charge in [-0.25, -0.2) is 4.39 Å². The van der Waals surface area contributed by atoms with E-state index in [-0.39, 0.29) is 18.7 Å². The summed E-state index contributed by atoms with van der Waals surface area (Å²) in [6.07, 6.45) is 0.00130. The van der Waals surface area contributed by atoms with E-state index in [1.54, 1.807) is 6.92 Å². The third kappa shape index (κ3) is 3.25. The molecule has 0 aliphatic heterocycles. The topological polar surface area (TPSA) is 75.1 Å². The second kappa shape index (κ2) is 5.72. The van der Waals surface area contributed by atoms with Gasteiger partial charge in [-0.2, -0.15) is 0 Å². The Morgan fingerprint density at radius 2 is 2.38 bits per heavy atom. The van der Waals surface area contributed by atoms with Gasteiger partial charge in [0.1, 0.15) is 5.82 Å². The molecule has 0 aromatic heterocycles. The van der Waals surface area contributed by atoms with Gasteiger partial charge in [0, 0.05) is 4.91 Å². The van der Waals surface area contributed by atoms with Crippen LogP contribution < -0.4 is 0 Å². The molecule has 6 heteroatoms. The molecule has 16 heavy (non-hydrogen) atoms. The van der Waals surface area contributed by atoms with Crippen molar-refractivity contribution in [1.29, 1.82) is 0 Å². The molecule has 0 saturated carbocycles. The molecule has 0 radical (unpaired) electrons. The summed E-state index contributed by atoms with van der Waals surface area (Å²) in [5, 5.41) is 3.15. The van der Waals surface area contributed by atoms with Gasteiger partial charge in [-0.05, 0) is 30.2 Å². The Bertz CT molecular complexity index is 442. The van der Waals surface area contributed by atoms with Crippen molar-refractivity contribution in [2.24, 2.45) is 5.11 Å². The van der Waals surface area contributed by atoms with Gasteiger partial charge in [0.05, 0.1) is 18.7 Å². The number of esters is 1. The summed E-state index contributed by atoms with van der Waals surface area (Å²) in [5.41, 5.74) is 8.54. The van der Waals surface area contributed by atoms with Gasteiger partial charge in [0.2, 0.25) is 0 Å². The summed E-state index contributed by atoms with van der Waals surface area (Å²) in [6.45, 7) is 1.99. The zero-order valence-corrected chi connectivity index (χ0v) is 8.68. The number of benzene rings is 1. The number of azide groups is 1. The second-order valence-corrected chi connectivity index (χ2v) is 2.96. The van der Waals surface area contributed by atoms with Gasteiger partial charge in [-0.3, -0.25) is 4.79 Å². The average Bonchev–Trinajstić information content (AvgIpc) is 2.22. The van der Waals surface area contributed by atoms with Crippen LogP contribution in [-0.4, -0.2) is 12.6 Å². The van der Waals surface area contributed by atoms with Crippen LogP contribution in [-0.2, 0) is 16.0 Å². The Balaban J connectivity index is 2.81. The molecule has 0 bridgehead atoms. The Morgan fingerprint density at radius 1 is 1.62 bits per heavy atom. The van der Waals surface area contributed by atoms with Gasteiger partial charge in [0.15, 0.2) is 0 Å². The van der Waals surface area contributed by atoms with Crippen LogP contribution in [0.15, 0.2) is 23.3 Å². The van der Waals surface area contributed by atoms with E-state index in [9.17, 15) is 9.18 Å². The van der Waals surface area contributed by atoms with Gasteiger partial charge < -0.3 is 4.74 Å². The quantitative estimate of drug-likeness (QED) is 0.340. The predicted octanol–water partition coefficient (Wildman–Crippen LogP) is 2.87. The van der Waals surface area contributed by atoms with Crippen LogP contribution in [0.25, 0.3) is 10.4 Å². The maximum atomic E-state index is 13.3. The van der Waals surface area contributed by atoms with Crippen LogP contribution in [0.5, 0.6) is 0 Å². The smallest absolute Gasteiger partial charge is 0.310 e. The first-order valence-corrected chi connectivity index (χ1v) is 4.66. The molecule has 0 amide bonds. The lowest BCUT2D eigenvalue weighted by Gasteiger charge is -2.03. The number of carbonyl (C=O) groups excluding carboxylic acids is 1. The molecule has 0 unspecified atom stereocenters. The normalized spacial score (nSPS) is 9.38. The fraction of sp³-hybridized carbons (Fsp3) is 0.300. The zero-order valence-electron chi connectivity index (χ0n) is 8.68. The minimum absolute atomic E-state index is 0.00130. The van der Waals surface area contributed by atoms with Crippen LogP contribution in [0.3, 0.4) is 0 Å². The first-order valence-electron chi connectivity index (χ1n) is 4.66. The molecule has 0 atom stereocenters. The number of carbonyl (C=O) groups is 1. The molecule has 0 aliphatic carbocycles. The second-order valence-electron chi connectivity index (χ2n) is 2.96. The number of halogens is 1. The molecular weight excluding hydrogens is 213 g/mol. The number of rotatable bonds is 4. The van der Waals surface area contributed by atoms with E-state index in [1.165, 1.54) is 12.1 Å². The van der Waals surface area contributed by atoms with Crippen molar-refractivity contribution in [1.82, 2.24) is 0 Å². The fourth-order valence-electron chi connectivity index (χ4n) is 1.17. The summed E-state index contributed by atoms with van der Waals surface area (Å²) < 4.78 is 18.0. The van der Waals surface area contributed by atoms with Crippen molar-refractivity contribution in [3.8, 4) is 0 Å². The van der Waals surface area contributed by atoms with Crippen LogP contribution >= 0.6 is 0 Å². The monoisotopic (exact) mass is 223 g/mol. The molecule has 1 aromatic carbocycles. The average molecular weight is 223 g/mol. The molecule has 1 rings (SSSR count). The van der Waals surface area contributed by atoms with Gasteiger partial charge in [-0.15, -0.1) is 0 Å². The lowest BCUT2D eigenvalue weighted by molar-refractivity contribution is -0.142. The number of hydrogen-bond acceptors (Lipinski definition) is 3. The molecular formula is C10H10FN3O2. The summed E-state index contributed by atoms with van der Waals surface area (Å²) >= 11 is 0. The van der Waals surface area contributed by atoms with Crippen molar-refractivity contribution < 1.29 is 13.9 Å². The minimum atomic E-state index is -0.653. The molecule has 0 heterocycles. The van der Waals surface area contributed by atoms with E-state index in [2.05, 4.69) is 10.0 Å². The van der Waals surface area contributed by atoms with E-state index in [0.29, 0.717) is 5.56 Å². The highest BCUT2D eigenvalue weighted by Crippen LogP contribution is 2.19. The van der Waals surface area contributed by atoms with Crippen LogP contribution in [0.2, 0.25) is 0 Å². The maximum absolute atomic E-state index is 13.3. The highest BCUT2D eigenvalue weighted by atomic mass is 19.1. The van der Waals surface area contributed by atoms with Gasteiger partial charge in [0.25, 0.3) is 0 Å². The van der Waals surface area contributed by atoms with E-state index in [1.807, 2.05) is 0 Å². The highest BCUT2D eigenvalue weighted by Gasteiger charge is 2.06. The Morgan fingerprint density at radius 3 is 2.94 bits per heavy atom. The molecule has 1 aromatic rings. The standard InChI is InChI=1S/C10H10FN3O2/c1-2-16-10(15)6-7-3-4-9(13-14-12)8(11)5-7/h3-5H,2,6H2,1H3. The van der Waals surface area contributed by atoms with Crippen LogP contribution in [0, 0.1) is 5.82 Å². The van der Waals surface area contributed by atoms with Crippen molar-refractivity contribution in [2.75, 3.05) is 6.61 Å². The minimum Gasteiger partial charge on any atom is -0.466 e. The summed E-state index contributed by atoms with van der Waals surface area (Å²) in [4.78, 5) is 13.6. The van der Waals surface area contributed by atoms with Crippen molar-refractivity contribution in [3.05, 3.63) is 40.0 Å². The Labute approximate surface area is 91.5 Å². The maximum Gasteiger partial charge on any atom is 0.310 e. The predicted molar refractivity (Wildman–Crippen MR) is 55.5 cm³/mol. The number of hydrogen-bond donors (Lipinski definition) is 0. The number of ether oxygens (including phenoxy) is 1. The van der Waals surface area contributed by atoms with Gasteiger partial charge in [-0.1, -0.05) is 11.2 Å². The zero-order chi connectivity index (χ0) is 12.0. The lowest BCUT2D eigenvalue weighted by Crippen LogP contribution is -2.07. The third-order valence-corrected chi connectivity index (χ3v) is 1.82.